The Balaban J connectivity index is 5.21. The molecule has 6 atom stereocenters. The molecule has 0 aromatic rings. The number of rotatable bonds is 71. The van der Waals surface area contributed by atoms with E-state index in [9.17, 15) is 43.2 Å². The number of ether oxygens (including phenoxy) is 4. The van der Waals surface area contributed by atoms with Gasteiger partial charge in [0.05, 0.1) is 26.4 Å². The number of hydrogen-bond donors (Lipinski definition) is 3. The summed E-state index contributed by atoms with van der Waals surface area (Å²) in [5.41, 5.74) is 0. The third-order valence-electron chi connectivity index (χ3n) is 17.2. The lowest BCUT2D eigenvalue weighted by Gasteiger charge is -2.21. The van der Waals surface area contributed by atoms with Crippen molar-refractivity contribution in [2.24, 2.45) is 17.8 Å². The number of unbranched alkanes of at least 4 members (excludes halogenated alkanes) is 38. The number of phosphoric acid groups is 2. The molecule has 3 N–H and O–H groups in total. The third-order valence-corrected chi connectivity index (χ3v) is 19.1. The van der Waals surface area contributed by atoms with Crippen LogP contribution in [0.15, 0.2) is 0 Å². The molecule has 0 heterocycles. The zero-order valence-electron chi connectivity index (χ0n) is 60.0. The van der Waals surface area contributed by atoms with E-state index in [0.29, 0.717) is 25.7 Å². The van der Waals surface area contributed by atoms with E-state index in [2.05, 4.69) is 48.5 Å². The Bertz CT molecular complexity index is 1800. The molecule has 0 rings (SSSR count). The number of aliphatic hydroxyl groups is 1. The zero-order valence-corrected chi connectivity index (χ0v) is 61.8. The van der Waals surface area contributed by atoms with Gasteiger partial charge < -0.3 is 33.8 Å². The van der Waals surface area contributed by atoms with Crippen LogP contribution in [0.4, 0.5) is 0 Å². The Morgan fingerprint density at radius 2 is 0.554 bits per heavy atom. The summed E-state index contributed by atoms with van der Waals surface area (Å²) in [5, 5.41) is 10.6. The first kappa shape index (κ1) is 90.1. The highest BCUT2D eigenvalue weighted by Crippen LogP contribution is 2.45. The molecule has 0 saturated carbocycles. The molecule has 0 aliphatic rings. The first-order chi connectivity index (χ1) is 44.3. The van der Waals surface area contributed by atoms with Gasteiger partial charge in [-0.2, -0.15) is 0 Å². The van der Waals surface area contributed by atoms with Gasteiger partial charge in [0.2, 0.25) is 0 Å². The van der Waals surface area contributed by atoms with Crippen molar-refractivity contribution in [3.8, 4) is 0 Å². The van der Waals surface area contributed by atoms with E-state index < -0.39 is 97.5 Å². The molecule has 0 amide bonds. The van der Waals surface area contributed by atoms with Crippen LogP contribution in [0.3, 0.4) is 0 Å². The van der Waals surface area contributed by atoms with E-state index in [1.54, 1.807) is 0 Å². The fourth-order valence-corrected chi connectivity index (χ4v) is 12.6. The van der Waals surface area contributed by atoms with Gasteiger partial charge >= 0.3 is 39.5 Å². The van der Waals surface area contributed by atoms with Crippen molar-refractivity contribution in [3.63, 3.8) is 0 Å². The van der Waals surface area contributed by atoms with Gasteiger partial charge in [-0.25, -0.2) is 9.13 Å². The minimum atomic E-state index is -4.95. The van der Waals surface area contributed by atoms with Gasteiger partial charge in [0.25, 0.3) is 0 Å². The van der Waals surface area contributed by atoms with Crippen LogP contribution in [-0.4, -0.2) is 96.7 Å². The molecule has 19 heteroatoms. The number of carbonyl (C=O) groups is 4. The lowest BCUT2D eigenvalue weighted by atomic mass is 9.99. The maximum atomic E-state index is 13.1. The standard InChI is InChI=1S/C73H142O17P2/c1-8-10-11-12-30-40-47-54-70(75)83-60-68(90-73(78)57-50-43-36-29-28-33-39-46-53-66(7)9-2)62-87-91(79,80)85-58-67(74)59-86-92(81,82)88-63-69(61-84-71(76)55-48-41-34-26-22-19-15-17-21-25-32-38-45-52-65(5)6)89-72(77)56-49-42-35-27-23-18-14-13-16-20-24-31-37-44-51-64(3)4/h64-69,74H,8-63H2,1-7H3,(H,79,80)(H,81,82)/t66?,67-,68+,69+/m0/s1. The van der Waals surface area contributed by atoms with Gasteiger partial charge in [0.1, 0.15) is 19.3 Å². The Hall–Kier alpha value is -1.94. The zero-order chi connectivity index (χ0) is 68.0. The Morgan fingerprint density at radius 3 is 0.826 bits per heavy atom. The van der Waals surface area contributed by atoms with Crippen molar-refractivity contribution in [1.29, 1.82) is 0 Å². The number of aliphatic hydroxyl groups excluding tert-OH is 1. The average molecular weight is 1350 g/mol. The normalized spacial score (nSPS) is 14.4. The Labute approximate surface area is 562 Å². The Kier molecular flexibility index (Phi) is 62.4. The van der Waals surface area contributed by atoms with Crippen LogP contribution < -0.4 is 0 Å². The van der Waals surface area contributed by atoms with E-state index in [-0.39, 0.29) is 25.7 Å². The molecular weight excluding hydrogens is 1210 g/mol. The molecule has 0 saturated heterocycles. The molecule has 92 heavy (non-hydrogen) atoms. The van der Waals surface area contributed by atoms with Crippen LogP contribution in [0.5, 0.6) is 0 Å². The van der Waals surface area contributed by atoms with E-state index in [1.807, 2.05) is 0 Å². The molecule has 0 bridgehead atoms. The highest BCUT2D eigenvalue weighted by Gasteiger charge is 2.30. The molecule has 0 fully saturated rings. The highest BCUT2D eigenvalue weighted by molar-refractivity contribution is 7.47. The number of carbonyl (C=O) groups excluding carboxylic acids is 4. The predicted octanol–water partition coefficient (Wildman–Crippen LogP) is 21.0. The van der Waals surface area contributed by atoms with Crippen molar-refractivity contribution in [2.75, 3.05) is 39.6 Å². The smallest absolute Gasteiger partial charge is 0.462 e. The Morgan fingerprint density at radius 1 is 0.315 bits per heavy atom. The first-order valence-electron chi connectivity index (χ1n) is 37.9. The SMILES string of the molecule is CCCCCCCCCC(=O)OC[C@H](COP(=O)(O)OC[C@H](O)COP(=O)(O)OC[C@@H](COC(=O)CCCCCCCCCCCCCCCC(C)C)OC(=O)CCCCCCCCCCCCCCCCC(C)C)OC(=O)CCCCCCCCCCC(C)CC. The third kappa shape index (κ3) is 65.4. The lowest BCUT2D eigenvalue weighted by Crippen LogP contribution is -2.30. The maximum Gasteiger partial charge on any atom is 0.472 e. The van der Waals surface area contributed by atoms with Crippen LogP contribution in [0.2, 0.25) is 0 Å². The predicted molar refractivity (Wildman–Crippen MR) is 372 cm³/mol. The summed E-state index contributed by atoms with van der Waals surface area (Å²) in [4.78, 5) is 72.6. The van der Waals surface area contributed by atoms with Gasteiger partial charge in [-0.3, -0.25) is 37.3 Å². The molecule has 0 aromatic heterocycles. The summed E-state index contributed by atoms with van der Waals surface area (Å²) in [6, 6.07) is 0. The monoisotopic (exact) mass is 1350 g/mol. The minimum Gasteiger partial charge on any atom is -0.462 e. The van der Waals surface area contributed by atoms with E-state index >= 15 is 0 Å². The summed E-state index contributed by atoms with van der Waals surface area (Å²) in [5.74, 6) is 0.229. The van der Waals surface area contributed by atoms with E-state index in [4.69, 9.17) is 37.0 Å². The van der Waals surface area contributed by atoms with E-state index in [0.717, 1.165) is 120 Å². The van der Waals surface area contributed by atoms with Crippen molar-refractivity contribution < 1.29 is 80.2 Å². The van der Waals surface area contributed by atoms with Crippen LogP contribution in [-0.2, 0) is 65.4 Å². The quantitative estimate of drug-likeness (QED) is 0.0222. The molecule has 3 unspecified atom stereocenters. The summed E-state index contributed by atoms with van der Waals surface area (Å²) in [7, 11) is -9.90. The molecule has 0 spiro atoms. The topological polar surface area (TPSA) is 237 Å². The minimum absolute atomic E-state index is 0.104. The van der Waals surface area contributed by atoms with Crippen LogP contribution >= 0.6 is 15.6 Å². The average Bonchev–Trinajstić information content (AvgIpc) is 2.72. The summed E-state index contributed by atoms with van der Waals surface area (Å²) in [6.07, 6.45) is 48.6. The number of phosphoric ester groups is 2. The van der Waals surface area contributed by atoms with Crippen molar-refractivity contribution in [3.05, 3.63) is 0 Å². The van der Waals surface area contributed by atoms with Crippen molar-refractivity contribution in [2.45, 2.75) is 388 Å². The van der Waals surface area contributed by atoms with E-state index in [1.165, 1.54) is 167 Å². The van der Waals surface area contributed by atoms with Crippen LogP contribution in [0.1, 0.15) is 370 Å². The second kappa shape index (κ2) is 63.8. The second-order valence-electron chi connectivity index (χ2n) is 27.5. The van der Waals surface area contributed by atoms with Gasteiger partial charge in [-0.1, -0.05) is 318 Å². The number of hydrogen-bond acceptors (Lipinski definition) is 15. The second-order valence-corrected chi connectivity index (χ2v) is 30.4. The van der Waals surface area contributed by atoms with Gasteiger partial charge in [0.15, 0.2) is 12.2 Å². The fourth-order valence-electron chi connectivity index (χ4n) is 11.0. The first-order valence-corrected chi connectivity index (χ1v) is 40.9. The molecule has 0 radical (unpaired) electrons. The summed E-state index contributed by atoms with van der Waals surface area (Å²) >= 11 is 0. The molecule has 0 aliphatic heterocycles. The lowest BCUT2D eigenvalue weighted by molar-refractivity contribution is -0.161. The van der Waals surface area contributed by atoms with Gasteiger partial charge in [0, 0.05) is 25.7 Å². The van der Waals surface area contributed by atoms with Crippen molar-refractivity contribution in [1.82, 2.24) is 0 Å². The maximum absolute atomic E-state index is 13.1. The molecular formula is C73H142O17P2. The number of esters is 4. The van der Waals surface area contributed by atoms with Gasteiger partial charge in [-0.15, -0.1) is 0 Å². The largest absolute Gasteiger partial charge is 0.472 e. The van der Waals surface area contributed by atoms with Gasteiger partial charge in [-0.05, 0) is 43.4 Å². The summed E-state index contributed by atoms with van der Waals surface area (Å²) < 4.78 is 68.3. The molecule has 546 valence electrons. The fraction of sp³-hybridized carbons (Fsp3) is 0.945. The summed E-state index contributed by atoms with van der Waals surface area (Å²) in [6.45, 7) is 11.9. The van der Waals surface area contributed by atoms with Crippen LogP contribution in [0, 0.1) is 17.8 Å². The molecule has 0 aromatic carbocycles. The molecule has 17 nitrogen and oxygen atoms in total. The van der Waals surface area contributed by atoms with Crippen LogP contribution in [0.25, 0.3) is 0 Å². The highest BCUT2D eigenvalue weighted by atomic mass is 31.2. The molecule has 0 aliphatic carbocycles. The van der Waals surface area contributed by atoms with Crippen molar-refractivity contribution >= 4 is 39.5 Å².